The molecule has 1 fully saturated rings. The Morgan fingerprint density at radius 2 is 2.16 bits per heavy atom. The van der Waals surface area contributed by atoms with Gasteiger partial charge in [0.25, 0.3) is 5.91 Å². The summed E-state index contributed by atoms with van der Waals surface area (Å²) >= 11 is 0. The molecule has 1 unspecified atom stereocenters. The van der Waals surface area contributed by atoms with Crippen molar-refractivity contribution in [1.82, 2.24) is 19.8 Å². The number of furan rings is 1. The Bertz CT molecular complexity index is 863. The number of hydrogen-bond donors (Lipinski definition) is 1. The Morgan fingerprint density at radius 3 is 2.92 bits per heavy atom. The molecule has 6 nitrogen and oxygen atoms in total. The van der Waals surface area contributed by atoms with Crippen molar-refractivity contribution in [3.63, 3.8) is 0 Å². The molecule has 3 heterocycles. The Hall–Kier alpha value is -2.60. The molecule has 0 bridgehead atoms. The van der Waals surface area contributed by atoms with Crippen molar-refractivity contribution in [2.45, 2.75) is 18.9 Å². The summed E-state index contributed by atoms with van der Waals surface area (Å²) in [5.41, 5.74) is 2.48. The fourth-order valence-corrected chi connectivity index (χ4v) is 3.51. The first kappa shape index (κ1) is 15.9. The molecule has 0 spiro atoms. The fourth-order valence-electron chi connectivity index (χ4n) is 3.51. The van der Waals surface area contributed by atoms with Crippen LogP contribution in [-0.2, 0) is 7.05 Å². The number of carbonyl (C=O) groups is 1. The van der Waals surface area contributed by atoms with Crippen molar-refractivity contribution in [3.05, 3.63) is 54.2 Å². The van der Waals surface area contributed by atoms with Crippen molar-refractivity contribution in [1.29, 1.82) is 0 Å². The second kappa shape index (κ2) is 6.72. The molecule has 1 amide bonds. The molecule has 25 heavy (non-hydrogen) atoms. The first-order valence-corrected chi connectivity index (χ1v) is 8.69. The summed E-state index contributed by atoms with van der Waals surface area (Å²) in [7, 11) is 1.94. The summed E-state index contributed by atoms with van der Waals surface area (Å²) in [6.45, 7) is 2.62. The highest BCUT2D eigenvalue weighted by molar-refractivity contribution is 5.97. The fraction of sp³-hybridized carbons (Fsp3) is 0.368. The largest absolute Gasteiger partial charge is 0.468 e. The lowest BCUT2D eigenvalue weighted by Gasteiger charge is -2.26. The molecule has 0 saturated carbocycles. The minimum absolute atomic E-state index is 0.0803. The van der Waals surface area contributed by atoms with Crippen LogP contribution in [0.1, 0.15) is 35.0 Å². The van der Waals surface area contributed by atoms with Gasteiger partial charge in [-0.2, -0.15) is 0 Å². The van der Waals surface area contributed by atoms with E-state index >= 15 is 0 Å². The zero-order chi connectivity index (χ0) is 17.2. The van der Waals surface area contributed by atoms with E-state index < -0.39 is 0 Å². The smallest absolute Gasteiger partial charge is 0.251 e. The third kappa shape index (κ3) is 3.17. The molecular weight excluding hydrogens is 316 g/mol. The average Bonchev–Trinajstić information content (AvgIpc) is 3.37. The topological polar surface area (TPSA) is 63.3 Å². The van der Waals surface area contributed by atoms with Crippen LogP contribution in [0.5, 0.6) is 0 Å². The number of imidazole rings is 1. The van der Waals surface area contributed by atoms with Gasteiger partial charge in [0.1, 0.15) is 5.76 Å². The van der Waals surface area contributed by atoms with E-state index in [0.29, 0.717) is 12.1 Å². The van der Waals surface area contributed by atoms with E-state index in [0.717, 1.165) is 29.9 Å². The number of aryl methyl sites for hydroxylation is 1. The third-order valence-electron chi connectivity index (χ3n) is 4.90. The zero-order valence-electron chi connectivity index (χ0n) is 14.3. The number of nitrogens with zero attached hydrogens (tertiary/aromatic N) is 3. The van der Waals surface area contributed by atoms with E-state index in [1.165, 1.54) is 12.8 Å². The number of likely N-dealkylation sites (tertiary alicyclic amines) is 1. The van der Waals surface area contributed by atoms with Gasteiger partial charge in [0, 0.05) is 19.2 Å². The molecule has 1 saturated heterocycles. The van der Waals surface area contributed by atoms with Crippen LogP contribution >= 0.6 is 0 Å². The van der Waals surface area contributed by atoms with Gasteiger partial charge in [0.2, 0.25) is 0 Å². The minimum Gasteiger partial charge on any atom is -0.468 e. The quantitative estimate of drug-likeness (QED) is 0.777. The zero-order valence-corrected chi connectivity index (χ0v) is 14.3. The molecule has 1 aliphatic heterocycles. The molecule has 130 valence electrons. The highest BCUT2D eigenvalue weighted by atomic mass is 16.3. The van der Waals surface area contributed by atoms with E-state index in [9.17, 15) is 4.79 Å². The molecule has 1 aliphatic rings. The van der Waals surface area contributed by atoms with Gasteiger partial charge in [-0.25, -0.2) is 4.98 Å². The predicted molar refractivity (Wildman–Crippen MR) is 95.3 cm³/mol. The van der Waals surface area contributed by atoms with Crippen LogP contribution in [0.15, 0.2) is 47.3 Å². The Morgan fingerprint density at radius 1 is 1.32 bits per heavy atom. The number of rotatable bonds is 5. The van der Waals surface area contributed by atoms with Crippen molar-refractivity contribution in [2.75, 3.05) is 19.6 Å². The molecule has 1 atom stereocenters. The van der Waals surface area contributed by atoms with E-state index in [1.807, 2.05) is 41.9 Å². The lowest BCUT2D eigenvalue weighted by atomic mass is 10.1. The summed E-state index contributed by atoms with van der Waals surface area (Å²) in [6.07, 6.45) is 5.84. The lowest BCUT2D eigenvalue weighted by Crippen LogP contribution is -2.36. The average molecular weight is 338 g/mol. The minimum atomic E-state index is -0.0803. The van der Waals surface area contributed by atoms with Gasteiger partial charge in [-0.3, -0.25) is 9.69 Å². The van der Waals surface area contributed by atoms with Gasteiger partial charge in [-0.1, -0.05) is 0 Å². The molecule has 0 radical (unpaired) electrons. The SMILES string of the molecule is Cn1cnc2cc(C(=O)NCC(c3ccco3)N3CCCC3)ccc21. The molecule has 1 aromatic carbocycles. The summed E-state index contributed by atoms with van der Waals surface area (Å²) in [6, 6.07) is 9.57. The summed E-state index contributed by atoms with van der Waals surface area (Å²) in [5, 5.41) is 3.06. The molecule has 6 heteroatoms. The van der Waals surface area contributed by atoms with Gasteiger partial charge in [-0.15, -0.1) is 0 Å². The van der Waals surface area contributed by atoms with Crippen molar-refractivity contribution >= 4 is 16.9 Å². The second-order valence-corrected chi connectivity index (χ2v) is 6.54. The van der Waals surface area contributed by atoms with Crippen LogP contribution in [0.3, 0.4) is 0 Å². The van der Waals surface area contributed by atoms with Gasteiger partial charge in [0.05, 0.1) is 29.7 Å². The van der Waals surface area contributed by atoms with Crippen LogP contribution < -0.4 is 5.32 Å². The second-order valence-electron chi connectivity index (χ2n) is 6.54. The first-order chi connectivity index (χ1) is 12.2. The van der Waals surface area contributed by atoms with E-state index in [1.54, 1.807) is 12.6 Å². The molecular formula is C19H22N4O2. The van der Waals surface area contributed by atoms with Crippen LogP contribution in [0.2, 0.25) is 0 Å². The van der Waals surface area contributed by atoms with Gasteiger partial charge < -0.3 is 14.3 Å². The van der Waals surface area contributed by atoms with Gasteiger partial charge in [-0.05, 0) is 56.3 Å². The molecule has 2 aromatic heterocycles. The van der Waals surface area contributed by atoms with Crippen LogP contribution in [0.25, 0.3) is 11.0 Å². The van der Waals surface area contributed by atoms with E-state index in [4.69, 9.17) is 4.42 Å². The van der Waals surface area contributed by atoms with E-state index in [2.05, 4.69) is 15.2 Å². The summed E-state index contributed by atoms with van der Waals surface area (Å²) < 4.78 is 7.54. The number of fused-ring (bicyclic) bond motifs is 1. The predicted octanol–water partition coefficient (Wildman–Crippen LogP) is 2.73. The first-order valence-electron chi connectivity index (χ1n) is 8.69. The van der Waals surface area contributed by atoms with Crippen molar-refractivity contribution in [3.8, 4) is 0 Å². The van der Waals surface area contributed by atoms with Gasteiger partial charge >= 0.3 is 0 Å². The Kier molecular flexibility index (Phi) is 4.28. The maximum Gasteiger partial charge on any atom is 0.251 e. The van der Waals surface area contributed by atoms with Crippen LogP contribution in [-0.4, -0.2) is 40.0 Å². The maximum atomic E-state index is 12.6. The van der Waals surface area contributed by atoms with Crippen LogP contribution in [0.4, 0.5) is 0 Å². The number of amides is 1. The van der Waals surface area contributed by atoms with Crippen molar-refractivity contribution < 1.29 is 9.21 Å². The number of nitrogens with one attached hydrogen (secondary N) is 1. The number of hydrogen-bond acceptors (Lipinski definition) is 4. The monoisotopic (exact) mass is 338 g/mol. The number of carbonyl (C=O) groups excluding carboxylic acids is 1. The highest BCUT2D eigenvalue weighted by Gasteiger charge is 2.26. The normalized spacial score (nSPS) is 16.4. The standard InChI is InChI=1S/C19H22N4O2/c1-22-13-21-15-11-14(6-7-16(15)22)19(24)20-12-17(18-5-4-10-25-18)23-8-2-3-9-23/h4-7,10-11,13,17H,2-3,8-9,12H2,1H3,(H,20,24). The summed E-state index contributed by atoms with van der Waals surface area (Å²) in [4.78, 5) is 19.3. The molecule has 1 N–H and O–H groups in total. The molecule has 3 aromatic rings. The maximum absolute atomic E-state index is 12.6. The Balaban J connectivity index is 1.48. The molecule has 0 aliphatic carbocycles. The van der Waals surface area contributed by atoms with Crippen molar-refractivity contribution in [2.24, 2.45) is 7.05 Å². The highest BCUT2D eigenvalue weighted by Crippen LogP contribution is 2.25. The van der Waals surface area contributed by atoms with E-state index in [-0.39, 0.29) is 11.9 Å². The number of aromatic nitrogens is 2. The van der Waals surface area contributed by atoms with Crippen LogP contribution in [0, 0.1) is 0 Å². The Labute approximate surface area is 146 Å². The molecule has 4 rings (SSSR count). The lowest BCUT2D eigenvalue weighted by molar-refractivity contribution is 0.0934. The van der Waals surface area contributed by atoms with Gasteiger partial charge in [0.15, 0.2) is 0 Å². The number of benzene rings is 1. The summed E-state index contributed by atoms with van der Waals surface area (Å²) in [5.74, 6) is 0.825. The third-order valence-corrected chi connectivity index (χ3v) is 4.90.